The van der Waals surface area contributed by atoms with Gasteiger partial charge in [-0.3, -0.25) is 0 Å². The maximum atomic E-state index is 13.6. The predicted molar refractivity (Wildman–Crippen MR) is 113 cm³/mol. The lowest BCUT2D eigenvalue weighted by molar-refractivity contribution is 0.460. The van der Waals surface area contributed by atoms with E-state index in [-0.39, 0.29) is 5.82 Å². The molecule has 0 bridgehead atoms. The molecule has 2 N–H and O–H groups in total. The highest BCUT2D eigenvalue weighted by atomic mass is 32.2. The van der Waals surface area contributed by atoms with E-state index in [0.29, 0.717) is 22.4 Å². The van der Waals surface area contributed by atoms with Gasteiger partial charge in [-0.25, -0.2) is 4.39 Å². The van der Waals surface area contributed by atoms with E-state index < -0.39 is 0 Å². The number of thioether (sulfide) groups is 1. The maximum Gasteiger partial charge on any atom is 0.191 e. The van der Waals surface area contributed by atoms with Gasteiger partial charge in [0.15, 0.2) is 10.3 Å². The monoisotopic (exact) mass is 407 g/mol. The number of aryl methyl sites for hydroxylation is 2. The van der Waals surface area contributed by atoms with Crippen molar-refractivity contribution in [3.63, 3.8) is 0 Å². The van der Waals surface area contributed by atoms with Gasteiger partial charge >= 0.3 is 0 Å². The molecular weight excluding hydrogens is 381 g/mol. The Morgan fingerprint density at radius 1 is 1.33 bits per heavy atom. The van der Waals surface area contributed by atoms with Gasteiger partial charge in [0.25, 0.3) is 0 Å². The van der Waals surface area contributed by atoms with Crippen LogP contribution in [-0.4, -0.2) is 32.7 Å². The zero-order valence-corrected chi connectivity index (χ0v) is 17.4. The SMILES string of the molecule is CSc1nnc(CCCNC(=S)Nc2ccc(C)c(F)c2)n1C1CCCC1. The summed E-state index contributed by atoms with van der Waals surface area (Å²) in [5.41, 5.74) is 1.27. The molecule has 8 heteroatoms. The van der Waals surface area contributed by atoms with Gasteiger partial charge in [0.2, 0.25) is 0 Å². The molecule has 1 aromatic heterocycles. The van der Waals surface area contributed by atoms with Crippen LogP contribution >= 0.6 is 24.0 Å². The number of nitrogens with zero attached hydrogens (tertiary/aromatic N) is 3. The molecule has 0 amide bonds. The summed E-state index contributed by atoms with van der Waals surface area (Å²) in [4.78, 5) is 0. The van der Waals surface area contributed by atoms with Gasteiger partial charge in [0.1, 0.15) is 11.6 Å². The van der Waals surface area contributed by atoms with Crippen LogP contribution in [0.5, 0.6) is 0 Å². The highest BCUT2D eigenvalue weighted by Crippen LogP contribution is 2.33. The Hall–Kier alpha value is -1.67. The highest BCUT2D eigenvalue weighted by molar-refractivity contribution is 7.98. The van der Waals surface area contributed by atoms with Crippen LogP contribution in [0, 0.1) is 12.7 Å². The maximum absolute atomic E-state index is 13.6. The third-order valence-corrected chi connectivity index (χ3v) is 5.79. The van der Waals surface area contributed by atoms with E-state index in [1.165, 1.54) is 31.7 Å². The minimum atomic E-state index is -0.237. The van der Waals surface area contributed by atoms with Crippen LogP contribution in [0.3, 0.4) is 0 Å². The number of rotatable bonds is 7. The third kappa shape index (κ3) is 5.19. The fraction of sp³-hybridized carbons (Fsp3) is 0.526. The van der Waals surface area contributed by atoms with Crippen molar-refractivity contribution < 1.29 is 4.39 Å². The summed E-state index contributed by atoms with van der Waals surface area (Å²) in [7, 11) is 0. The largest absolute Gasteiger partial charge is 0.362 e. The molecule has 1 aromatic carbocycles. The van der Waals surface area contributed by atoms with E-state index in [1.54, 1.807) is 24.8 Å². The molecule has 146 valence electrons. The summed E-state index contributed by atoms with van der Waals surface area (Å²) >= 11 is 6.96. The summed E-state index contributed by atoms with van der Waals surface area (Å²) in [6.07, 6.45) is 8.84. The first-order chi connectivity index (χ1) is 13.1. The van der Waals surface area contributed by atoms with Crippen molar-refractivity contribution in [1.29, 1.82) is 0 Å². The number of anilines is 1. The molecule has 1 fully saturated rings. The molecule has 1 saturated carbocycles. The van der Waals surface area contributed by atoms with Gasteiger partial charge in [-0.15, -0.1) is 10.2 Å². The zero-order chi connectivity index (χ0) is 19.2. The van der Waals surface area contributed by atoms with E-state index in [0.717, 1.165) is 30.4 Å². The minimum Gasteiger partial charge on any atom is -0.362 e. The molecule has 1 heterocycles. The minimum absolute atomic E-state index is 0.237. The van der Waals surface area contributed by atoms with Crippen molar-refractivity contribution in [2.24, 2.45) is 0 Å². The first-order valence-electron chi connectivity index (χ1n) is 9.37. The molecule has 0 unspecified atom stereocenters. The van der Waals surface area contributed by atoms with Crippen molar-refractivity contribution in [1.82, 2.24) is 20.1 Å². The van der Waals surface area contributed by atoms with Gasteiger partial charge in [0.05, 0.1) is 0 Å². The first-order valence-corrected chi connectivity index (χ1v) is 11.0. The van der Waals surface area contributed by atoms with Crippen LogP contribution in [0.4, 0.5) is 10.1 Å². The number of halogens is 1. The van der Waals surface area contributed by atoms with E-state index in [9.17, 15) is 4.39 Å². The Balaban J connectivity index is 1.48. The summed E-state index contributed by atoms with van der Waals surface area (Å²) in [6.45, 7) is 2.47. The molecule has 3 rings (SSSR count). The molecule has 1 aliphatic rings. The smallest absolute Gasteiger partial charge is 0.191 e. The van der Waals surface area contributed by atoms with E-state index in [1.807, 2.05) is 6.07 Å². The van der Waals surface area contributed by atoms with Crippen molar-refractivity contribution in [2.45, 2.75) is 56.6 Å². The van der Waals surface area contributed by atoms with Crippen molar-refractivity contribution in [2.75, 3.05) is 18.1 Å². The fourth-order valence-electron chi connectivity index (χ4n) is 3.44. The van der Waals surface area contributed by atoms with E-state index >= 15 is 0 Å². The van der Waals surface area contributed by atoms with E-state index in [4.69, 9.17) is 12.2 Å². The molecule has 1 aliphatic carbocycles. The summed E-state index contributed by atoms with van der Waals surface area (Å²) in [5.74, 6) is 0.825. The Morgan fingerprint density at radius 3 is 2.81 bits per heavy atom. The first kappa shape index (κ1) is 20.1. The summed E-state index contributed by atoms with van der Waals surface area (Å²) in [5, 5.41) is 16.5. The van der Waals surface area contributed by atoms with Gasteiger partial charge in [-0.2, -0.15) is 0 Å². The average Bonchev–Trinajstić information content (AvgIpc) is 3.30. The molecule has 2 aromatic rings. The van der Waals surface area contributed by atoms with Crippen LogP contribution < -0.4 is 10.6 Å². The van der Waals surface area contributed by atoms with Crippen LogP contribution in [-0.2, 0) is 6.42 Å². The lowest BCUT2D eigenvalue weighted by Crippen LogP contribution is -2.29. The Bertz CT molecular complexity index is 786. The van der Waals surface area contributed by atoms with Gasteiger partial charge in [-0.05, 0) is 62.4 Å². The molecule has 27 heavy (non-hydrogen) atoms. The number of hydrogen-bond acceptors (Lipinski definition) is 4. The second-order valence-electron chi connectivity index (χ2n) is 6.86. The van der Waals surface area contributed by atoms with Crippen molar-refractivity contribution >= 4 is 34.8 Å². The second kappa shape index (κ2) is 9.50. The van der Waals surface area contributed by atoms with Crippen LogP contribution in [0.1, 0.15) is 49.5 Å². The van der Waals surface area contributed by atoms with Crippen LogP contribution in [0.2, 0.25) is 0 Å². The zero-order valence-electron chi connectivity index (χ0n) is 15.8. The Labute approximate surface area is 169 Å². The van der Waals surface area contributed by atoms with Crippen LogP contribution in [0.15, 0.2) is 23.4 Å². The highest BCUT2D eigenvalue weighted by Gasteiger charge is 2.23. The fourth-order valence-corrected chi connectivity index (χ4v) is 4.23. The van der Waals surface area contributed by atoms with Gasteiger partial charge < -0.3 is 15.2 Å². The number of thiocarbonyl (C=S) groups is 1. The number of hydrogen-bond donors (Lipinski definition) is 2. The molecule has 0 saturated heterocycles. The number of aromatic nitrogens is 3. The molecular formula is C19H26FN5S2. The molecule has 0 atom stereocenters. The van der Waals surface area contributed by atoms with Crippen LogP contribution in [0.25, 0.3) is 0 Å². The Morgan fingerprint density at radius 2 is 2.11 bits per heavy atom. The average molecular weight is 408 g/mol. The number of nitrogens with one attached hydrogen (secondary N) is 2. The molecule has 0 aliphatic heterocycles. The molecule has 0 radical (unpaired) electrons. The Kier molecular flexibility index (Phi) is 7.07. The second-order valence-corrected chi connectivity index (χ2v) is 8.04. The lowest BCUT2D eigenvalue weighted by Gasteiger charge is -2.16. The van der Waals surface area contributed by atoms with Gasteiger partial charge in [0, 0.05) is 24.7 Å². The molecule has 5 nitrogen and oxygen atoms in total. The number of benzene rings is 1. The van der Waals surface area contributed by atoms with Crippen molar-refractivity contribution in [3.05, 3.63) is 35.4 Å². The third-order valence-electron chi connectivity index (χ3n) is 4.90. The summed E-state index contributed by atoms with van der Waals surface area (Å²) in [6, 6.07) is 5.56. The predicted octanol–water partition coefficient (Wildman–Crippen LogP) is 4.48. The lowest BCUT2D eigenvalue weighted by atomic mass is 10.2. The molecule has 0 spiro atoms. The standard InChI is InChI=1S/C19H26FN5S2/c1-13-9-10-14(12-16(13)20)22-18(26)21-11-5-8-17-23-24-19(27-2)25(17)15-6-3-4-7-15/h9-10,12,15H,3-8,11H2,1-2H3,(H2,21,22,26). The quantitative estimate of drug-likeness (QED) is 0.401. The van der Waals surface area contributed by atoms with Crippen molar-refractivity contribution in [3.8, 4) is 0 Å². The van der Waals surface area contributed by atoms with E-state index in [2.05, 4.69) is 31.7 Å². The van der Waals surface area contributed by atoms with Gasteiger partial charge in [-0.1, -0.05) is 30.7 Å². The summed E-state index contributed by atoms with van der Waals surface area (Å²) < 4.78 is 15.9. The normalized spacial score (nSPS) is 14.5. The topological polar surface area (TPSA) is 54.8 Å².